The molecule has 0 radical (unpaired) electrons. The van der Waals surface area contributed by atoms with Gasteiger partial charge in [0.2, 0.25) is 0 Å². The molecule has 0 heterocycles. The van der Waals surface area contributed by atoms with Crippen molar-refractivity contribution in [1.82, 2.24) is 0 Å². The van der Waals surface area contributed by atoms with Gasteiger partial charge in [-0.1, -0.05) is 42.8 Å². The lowest BCUT2D eigenvalue weighted by Crippen LogP contribution is -2.03. The normalized spacial score (nSPS) is 22.4. The number of rotatable bonds is 8. The van der Waals surface area contributed by atoms with Gasteiger partial charge in [0.25, 0.3) is 0 Å². The average molecular weight is 341 g/mol. The first-order valence-corrected chi connectivity index (χ1v) is 8.62. The SMILES string of the molecule is CCCOc1ccc(C(Br)C2CC2C)cc1OCCC. The molecule has 0 saturated heterocycles. The summed E-state index contributed by atoms with van der Waals surface area (Å²) in [7, 11) is 0. The van der Waals surface area contributed by atoms with E-state index in [4.69, 9.17) is 9.47 Å². The van der Waals surface area contributed by atoms with E-state index in [2.05, 4.69) is 54.9 Å². The van der Waals surface area contributed by atoms with Crippen molar-refractivity contribution in [2.45, 2.75) is 44.9 Å². The van der Waals surface area contributed by atoms with E-state index in [-0.39, 0.29) is 0 Å². The van der Waals surface area contributed by atoms with Crippen molar-refractivity contribution in [2.75, 3.05) is 13.2 Å². The Bertz CT molecular complexity index is 433. The van der Waals surface area contributed by atoms with Crippen molar-refractivity contribution in [3.8, 4) is 11.5 Å². The van der Waals surface area contributed by atoms with Crippen LogP contribution in [0.1, 0.15) is 50.4 Å². The van der Waals surface area contributed by atoms with Crippen LogP contribution in [0.25, 0.3) is 0 Å². The summed E-state index contributed by atoms with van der Waals surface area (Å²) in [5.41, 5.74) is 1.30. The second-order valence-corrected chi connectivity index (χ2v) is 6.67. The molecule has 3 heteroatoms. The smallest absolute Gasteiger partial charge is 0.161 e. The quantitative estimate of drug-likeness (QED) is 0.593. The Balaban J connectivity index is 2.13. The highest BCUT2D eigenvalue weighted by Crippen LogP contribution is 2.51. The standard InChI is InChI=1S/C17H25BrO2/c1-4-8-19-15-7-6-13(11-16(15)20-9-5-2)17(18)14-10-12(14)3/h6-7,11-12,14,17H,4-5,8-10H2,1-3H3. The van der Waals surface area contributed by atoms with E-state index < -0.39 is 0 Å². The molecule has 0 bridgehead atoms. The fourth-order valence-electron chi connectivity index (χ4n) is 2.36. The van der Waals surface area contributed by atoms with Crippen LogP contribution in [0, 0.1) is 11.8 Å². The van der Waals surface area contributed by atoms with Crippen LogP contribution >= 0.6 is 15.9 Å². The van der Waals surface area contributed by atoms with Crippen LogP contribution in [-0.2, 0) is 0 Å². The highest BCUT2D eigenvalue weighted by molar-refractivity contribution is 9.09. The Morgan fingerprint density at radius 1 is 1.15 bits per heavy atom. The molecule has 0 spiro atoms. The second kappa shape index (κ2) is 7.35. The lowest BCUT2D eigenvalue weighted by atomic mass is 10.1. The Morgan fingerprint density at radius 3 is 2.30 bits per heavy atom. The Hall–Kier alpha value is -0.700. The molecule has 1 aliphatic rings. The number of ether oxygens (including phenoxy) is 2. The molecular formula is C17H25BrO2. The summed E-state index contributed by atoms with van der Waals surface area (Å²) in [6, 6.07) is 6.36. The molecule has 0 aromatic heterocycles. The number of hydrogen-bond donors (Lipinski definition) is 0. The fraction of sp³-hybridized carbons (Fsp3) is 0.647. The molecule has 1 fully saturated rings. The molecule has 3 atom stereocenters. The minimum Gasteiger partial charge on any atom is -0.490 e. The maximum Gasteiger partial charge on any atom is 0.161 e. The van der Waals surface area contributed by atoms with Gasteiger partial charge < -0.3 is 9.47 Å². The Labute approximate surface area is 131 Å². The van der Waals surface area contributed by atoms with Gasteiger partial charge in [-0.15, -0.1) is 0 Å². The summed E-state index contributed by atoms with van der Waals surface area (Å²) >= 11 is 3.84. The van der Waals surface area contributed by atoms with Gasteiger partial charge in [0, 0.05) is 4.83 Å². The molecule has 0 N–H and O–H groups in total. The predicted molar refractivity (Wildman–Crippen MR) is 87.0 cm³/mol. The van der Waals surface area contributed by atoms with Gasteiger partial charge in [-0.2, -0.15) is 0 Å². The summed E-state index contributed by atoms with van der Waals surface area (Å²) in [4.78, 5) is 0.432. The third kappa shape index (κ3) is 3.91. The van der Waals surface area contributed by atoms with Gasteiger partial charge in [-0.3, -0.25) is 0 Å². The van der Waals surface area contributed by atoms with Gasteiger partial charge in [0.1, 0.15) is 0 Å². The van der Waals surface area contributed by atoms with Crippen LogP contribution in [0.4, 0.5) is 0 Å². The minimum atomic E-state index is 0.432. The number of alkyl halides is 1. The maximum absolute atomic E-state index is 5.86. The van der Waals surface area contributed by atoms with Gasteiger partial charge in [0.15, 0.2) is 11.5 Å². The van der Waals surface area contributed by atoms with Crippen LogP contribution < -0.4 is 9.47 Å². The van der Waals surface area contributed by atoms with E-state index in [0.29, 0.717) is 4.83 Å². The van der Waals surface area contributed by atoms with E-state index >= 15 is 0 Å². The number of hydrogen-bond acceptors (Lipinski definition) is 2. The van der Waals surface area contributed by atoms with E-state index in [1.165, 1.54) is 12.0 Å². The van der Waals surface area contributed by atoms with Crippen LogP contribution in [0.5, 0.6) is 11.5 Å². The van der Waals surface area contributed by atoms with Crippen molar-refractivity contribution in [3.05, 3.63) is 23.8 Å². The van der Waals surface area contributed by atoms with Crippen LogP contribution in [0.15, 0.2) is 18.2 Å². The lowest BCUT2D eigenvalue weighted by molar-refractivity contribution is 0.268. The first-order chi connectivity index (χ1) is 9.67. The monoisotopic (exact) mass is 340 g/mol. The average Bonchev–Trinajstić information content (AvgIpc) is 3.19. The zero-order chi connectivity index (χ0) is 14.5. The lowest BCUT2D eigenvalue weighted by Gasteiger charge is -2.16. The predicted octanol–water partition coefficient (Wildman–Crippen LogP) is 5.36. The minimum absolute atomic E-state index is 0.432. The zero-order valence-electron chi connectivity index (χ0n) is 12.7. The Morgan fingerprint density at radius 2 is 1.75 bits per heavy atom. The largest absolute Gasteiger partial charge is 0.490 e. The van der Waals surface area contributed by atoms with Gasteiger partial charge in [-0.25, -0.2) is 0 Å². The van der Waals surface area contributed by atoms with Gasteiger partial charge >= 0.3 is 0 Å². The summed E-state index contributed by atoms with van der Waals surface area (Å²) in [5.74, 6) is 3.34. The summed E-state index contributed by atoms with van der Waals surface area (Å²) in [5, 5.41) is 0. The molecule has 0 amide bonds. The molecular weight excluding hydrogens is 316 g/mol. The fourth-order valence-corrected chi connectivity index (χ4v) is 3.38. The molecule has 3 unspecified atom stereocenters. The Kier molecular flexibility index (Phi) is 5.76. The molecule has 1 saturated carbocycles. The van der Waals surface area contributed by atoms with Crippen molar-refractivity contribution < 1.29 is 9.47 Å². The molecule has 1 aromatic carbocycles. The first kappa shape index (κ1) is 15.7. The summed E-state index contributed by atoms with van der Waals surface area (Å²) < 4.78 is 11.6. The van der Waals surface area contributed by atoms with Gasteiger partial charge in [0.05, 0.1) is 13.2 Å². The summed E-state index contributed by atoms with van der Waals surface area (Å²) in [6.45, 7) is 8.02. The molecule has 0 aliphatic heterocycles. The zero-order valence-corrected chi connectivity index (χ0v) is 14.3. The van der Waals surface area contributed by atoms with Crippen molar-refractivity contribution in [2.24, 2.45) is 11.8 Å². The molecule has 1 aromatic rings. The third-order valence-corrected chi connectivity index (χ3v) is 4.96. The second-order valence-electron chi connectivity index (χ2n) is 5.68. The molecule has 2 nitrogen and oxygen atoms in total. The molecule has 20 heavy (non-hydrogen) atoms. The maximum atomic E-state index is 5.86. The van der Waals surface area contributed by atoms with Crippen molar-refractivity contribution in [1.29, 1.82) is 0 Å². The summed E-state index contributed by atoms with van der Waals surface area (Å²) in [6.07, 6.45) is 3.33. The van der Waals surface area contributed by atoms with Crippen molar-refractivity contribution in [3.63, 3.8) is 0 Å². The first-order valence-electron chi connectivity index (χ1n) is 7.71. The van der Waals surface area contributed by atoms with Crippen LogP contribution in [0.2, 0.25) is 0 Å². The van der Waals surface area contributed by atoms with E-state index in [1.807, 2.05) is 0 Å². The molecule has 2 rings (SSSR count). The van der Waals surface area contributed by atoms with E-state index in [0.717, 1.165) is 49.4 Å². The van der Waals surface area contributed by atoms with Crippen LogP contribution in [0.3, 0.4) is 0 Å². The van der Waals surface area contributed by atoms with Crippen LogP contribution in [-0.4, -0.2) is 13.2 Å². The topological polar surface area (TPSA) is 18.5 Å². The van der Waals surface area contributed by atoms with E-state index in [1.54, 1.807) is 0 Å². The molecule has 112 valence electrons. The highest BCUT2D eigenvalue weighted by Gasteiger charge is 2.39. The van der Waals surface area contributed by atoms with E-state index in [9.17, 15) is 0 Å². The molecule has 1 aliphatic carbocycles. The number of halogens is 1. The number of benzene rings is 1. The third-order valence-electron chi connectivity index (χ3n) is 3.76. The van der Waals surface area contributed by atoms with Crippen molar-refractivity contribution >= 4 is 15.9 Å². The highest BCUT2D eigenvalue weighted by atomic mass is 79.9. The van der Waals surface area contributed by atoms with Gasteiger partial charge in [-0.05, 0) is 48.8 Å².